The van der Waals surface area contributed by atoms with E-state index >= 15 is 0 Å². The van der Waals surface area contributed by atoms with Crippen molar-refractivity contribution >= 4 is 28.9 Å². The van der Waals surface area contributed by atoms with Crippen LogP contribution in [0.4, 0.5) is 0 Å². The molecular weight excluding hydrogens is 272 g/mol. The predicted molar refractivity (Wildman–Crippen MR) is 72.0 cm³/mol. The van der Waals surface area contributed by atoms with Crippen LogP contribution in [0.3, 0.4) is 0 Å². The van der Waals surface area contributed by atoms with Gasteiger partial charge in [0.2, 0.25) is 0 Å². The van der Waals surface area contributed by atoms with Gasteiger partial charge in [0.05, 0.1) is 16.4 Å². The van der Waals surface area contributed by atoms with Crippen LogP contribution in [0.2, 0.25) is 4.34 Å². The number of thiophene rings is 1. The lowest BCUT2D eigenvalue weighted by Gasteiger charge is -2.21. The highest BCUT2D eigenvalue weighted by Gasteiger charge is 2.41. The Labute approximate surface area is 115 Å². The van der Waals surface area contributed by atoms with Crippen LogP contribution in [0.25, 0.3) is 0 Å². The molecule has 4 atom stereocenters. The molecule has 1 saturated carbocycles. The van der Waals surface area contributed by atoms with Gasteiger partial charge in [-0.15, -0.1) is 11.3 Å². The Hall–Kier alpha value is -0.580. The molecule has 0 aromatic carbocycles. The highest BCUT2D eigenvalue weighted by Crippen LogP contribution is 2.45. The molecule has 1 fully saturated rings. The predicted octanol–water partition coefficient (Wildman–Crippen LogP) is 3.49. The zero-order valence-electron chi connectivity index (χ0n) is 10.4. The SMILES string of the molecule is Cc1cc(C(O)C2CC(C)CC2C(=O)O)sc1Cl. The van der Waals surface area contributed by atoms with Crippen molar-refractivity contribution in [3.8, 4) is 0 Å². The van der Waals surface area contributed by atoms with Crippen LogP contribution in [-0.4, -0.2) is 16.2 Å². The highest BCUT2D eigenvalue weighted by molar-refractivity contribution is 7.16. The molecule has 18 heavy (non-hydrogen) atoms. The largest absolute Gasteiger partial charge is 0.481 e. The molecule has 2 N–H and O–H groups in total. The summed E-state index contributed by atoms with van der Waals surface area (Å²) in [6.07, 6.45) is 0.689. The zero-order valence-corrected chi connectivity index (χ0v) is 12.0. The number of hydrogen-bond acceptors (Lipinski definition) is 3. The first-order chi connectivity index (χ1) is 8.40. The molecular formula is C13H17ClO3S. The number of rotatable bonds is 3. The average Bonchev–Trinajstić information content (AvgIpc) is 2.82. The molecule has 1 aliphatic rings. The smallest absolute Gasteiger partial charge is 0.306 e. The van der Waals surface area contributed by atoms with Crippen molar-refractivity contribution < 1.29 is 15.0 Å². The number of aliphatic hydroxyl groups excluding tert-OH is 1. The summed E-state index contributed by atoms with van der Waals surface area (Å²) in [4.78, 5) is 12.0. The van der Waals surface area contributed by atoms with Crippen LogP contribution in [0.15, 0.2) is 6.07 Å². The van der Waals surface area contributed by atoms with Gasteiger partial charge >= 0.3 is 5.97 Å². The minimum atomic E-state index is -0.803. The second kappa shape index (κ2) is 5.19. The Bertz CT molecular complexity index is 438. The van der Waals surface area contributed by atoms with Gasteiger partial charge in [-0.25, -0.2) is 0 Å². The van der Waals surface area contributed by atoms with E-state index < -0.39 is 18.0 Å². The molecule has 1 aliphatic carbocycles. The molecule has 0 bridgehead atoms. The lowest BCUT2D eigenvalue weighted by atomic mass is 9.90. The molecule has 1 aromatic rings. The van der Waals surface area contributed by atoms with Gasteiger partial charge in [0.25, 0.3) is 0 Å². The molecule has 0 spiro atoms. The molecule has 1 heterocycles. The van der Waals surface area contributed by atoms with Gasteiger partial charge in [-0.1, -0.05) is 18.5 Å². The first-order valence-electron chi connectivity index (χ1n) is 6.06. The van der Waals surface area contributed by atoms with Crippen LogP contribution in [0.1, 0.15) is 36.3 Å². The second-order valence-electron chi connectivity index (χ2n) is 5.24. The van der Waals surface area contributed by atoms with E-state index in [9.17, 15) is 15.0 Å². The fourth-order valence-corrected chi connectivity index (χ4v) is 4.09. The standard InChI is InChI=1S/C13H17ClO3S/c1-6-3-8(9(4-6)13(16)17)11(15)10-5-7(2)12(14)18-10/h5-6,8-9,11,15H,3-4H2,1-2H3,(H,16,17). The van der Waals surface area contributed by atoms with Crippen molar-refractivity contribution in [2.24, 2.45) is 17.8 Å². The van der Waals surface area contributed by atoms with Gasteiger partial charge in [0.15, 0.2) is 0 Å². The molecule has 4 unspecified atom stereocenters. The molecule has 0 amide bonds. The van der Waals surface area contributed by atoms with E-state index in [-0.39, 0.29) is 5.92 Å². The molecule has 3 nitrogen and oxygen atoms in total. The van der Waals surface area contributed by atoms with E-state index in [1.165, 1.54) is 11.3 Å². The molecule has 0 saturated heterocycles. The average molecular weight is 289 g/mol. The maximum absolute atomic E-state index is 11.2. The van der Waals surface area contributed by atoms with Crippen molar-refractivity contribution in [1.29, 1.82) is 0 Å². The van der Waals surface area contributed by atoms with E-state index in [2.05, 4.69) is 0 Å². The molecule has 5 heteroatoms. The Kier molecular flexibility index (Phi) is 3.99. The van der Waals surface area contributed by atoms with Gasteiger partial charge in [0.1, 0.15) is 0 Å². The van der Waals surface area contributed by atoms with E-state index in [0.717, 1.165) is 16.9 Å². The summed E-state index contributed by atoms with van der Waals surface area (Å²) < 4.78 is 0.668. The van der Waals surface area contributed by atoms with Crippen LogP contribution >= 0.6 is 22.9 Å². The molecule has 0 radical (unpaired) electrons. The van der Waals surface area contributed by atoms with Crippen molar-refractivity contribution in [2.75, 3.05) is 0 Å². The lowest BCUT2D eigenvalue weighted by Crippen LogP contribution is -2.23. The fourth-order valence-electron chi connectivity index (χ4n) is 2.81. The van der Waals surface area contributed by atoms with Crippen LogP contribution in [0, 0.1) is 24.7 Å². The fraction of sp³-hybridized carbons (Fsp3) is 0.615. The van der Waals surface area contributed by atoms with E-state index in [1.54, 1.807) is 0 Å². The normalized spacial score (nSPS) is 29.4. The topological polar surface area (TPSA) is 57.5 Å². The van der Waals surface area contributed by atoms with E-state index in [1.807, 2.05) is 19.9 Å². The lowest BCUT2D eigenvalue weighted by molar-refractivity contribution is -0.144. The first kappa shape index (κ1) is 13.8. The summed E-state index contributed by atoms with van der Waals surface area (Å²) >= 11 is 7.35. The Morgan fingerprint density at radius 1 is 1.56 bits per heavy atom. The van der Waals surface area contributed by atoms with Gasteiger partial charge in [-0.3, -0.25) is 4.79 Å². The Morgan fingerprint density at radius 3 is 2.72 bits per heavy atom. The molecule has 1 aromatic heterocycles. The third-order valence-electron chi connectivity index (χ3n) is 3.74. The second-order valence-corrected chi connectivity index (χ2v) is 6.92. The number of carbonyl (C=O) groups is 1. The van der Waals surface area contributed by atoms with Crippen LogP contribution < -0.4 is 0 Å². The molecule has 0 aliphatic heterocycles. The monoisotopic (exact) mass is 288 g/mol. The quantitative estimate of drug-likeness (QED) is 0.895. The summed E-state index contributed by atoms with van der Waals surface area (Å²) in [5, 5.41) is 19.6. The van der Waals surface area contributed by atoms with Crippen LogP contribution in [0.5, 0.6) is 0 Å². The Balaban J connectivity index is 2.22. The highest BCUT2D eigenvalue weighted by atomic mass is 35.5. The van der Waals surface area contributed by atoms with Gasteiger partial charge in [-0.2, -0.15) is 0 Å². The van der Waals surface area contributed by atoms with Gasteiger partial charge in [-0.05, 0) is 37.3 Å². The number of aliphatic hydroxyl groups is 1. The minimum absolute atomic E-state index is 0.202. The molecule has 100 valence electrons. The van der Waals surface area contributed by atoms with E-state index in [0.29, 0.717) is 16.7 Å². The summed E-state index contributed by atoms with van der Waals surface area (Å²) in [6, 6.07) is 1.86. The third-order valence-corrected chi connectivity index (χ3v) is 5.36. The number of aliphatic carboxylic acids is 1. The summed E-state index contributed by atoms with van der Waals surface area (Å²) in [7, 11) is 0. The zero-order chi connectivity index (χ0) is 13.4. The van der Waals surface area contributed by atoms with Crippen molar-refractivity contribution in [2.45, 2.75) is 32.8 Å². The maximum atomic E-state index is 11.2. The number of aryl methyl sites for hydroxylation is 1. The van der Waals surface area contributed by atoms with Crippen molar-refractivity contribution in [3.63, 3.8) is 0 Å². The maximum Gasteiger partial charge on any atom is 0.306 e. The van der Waals surface area contributed by atoms with E-state index in [4.69, 9.17) is 11.6 Å². The summed E-state index contributed by atoms with van der Waals surface area (Å²) in [5.74, 6) is -1.10. The van der Waals surface area contributed by atoms with Crippen molar-refractivity contribution in [1.82, 2.24) is 0 Å². The minimum Gasteiger partial charge on any atom is -0.481 e. The van der Waals surface area contributed by atoms with Crippen LogP contribution in [-0.2, 0) is 4.79 Å². The number of hydrogen-bond donors (Lipinski definition) is 2. The van der Waals surface area contributed by atoms with Gasteiger partial charge in [0, 0.05) is 10.8 Å². The summed E-state index contributed by atoms with van der Waals surface area (Å²) in [6.45, 7) is 3.93. The number of halogens is 1. The third kappa shape index (κ3) is 2.56. The number of carboxylic acids is 1. The molecule has 2 rings (SSSR count). The number of carboxylic acid groups (broad SMARTS) is 1. The van der Waals surface area contributed by atoms with Crippen molar-refractivity contribution in [3.05, 3.63) is 20.8 Å². The van der Waals surface area contributed by atoms with Gasteiger partial charge < -0.3 is 10.2 Å². The Morgan fingerprint density at radius 2 is 2.22 bits per heavy atom. The first-order valence-corrected chi connectivity index (χ1v) is 7.26. The summed E-state index contributed by atoms with van der Waals surface area (Å²) in [5.41, 5.74) is 0.939.